The summed E-state index contributed by atoms with van der Waals surface area (Å²) in [5, 5.41) is 11.4. The molecule has 0 saturated heterocycles. The van der Waals surface area contributed by atoms with Crippen LogP contribution in [-0.2, 0) is 36.5 Å². The van der Waals surface area contributed by atoms with Crippen LogP contribution in [0.3, 0.4) is 0 Å². The van der Waals surface area contributed by atoms with Gasteiger partial charge in [-0.05, 0) is 60.2 Å². The maximum atomic E-state index is 14.1. The van der Waals surface area contributed by atoms with Gasteiger partial charge in [0.15, 0.2) is 0 Å². The van der Waals surface area contributed by atoms with Crippen molar-refractivity contribution in [3.05, 3.63) is 76.4 Å². The molecule has 1 N–H and O–H groups in total. The Morgan fingerprint density at radius 1 is 1.21 bits per heavy atom. The molecule has 1 amide bonds. The molecule has 11 heteroatoms. The van der Waals surface area contributed by atoms with Gasteiger partial charge in [-0.2, -0.15) is 13.2 Å². The summed E-state index contributed by atoms with van der Waals surface area (Å²) in [5.41, 5.74) is 0.505. The van der Waals surface area contributed by atoms with Gasteiger partial charge in [-0.1, -0.05) is 12.1 Å². The number of carbonyl (C=O) groups is 1. The number of halogens is 4. The molecule has 0 unspecified atom stereocenters. The molecule has 0 radical (unpaired) electrons. The molecule has 39 heavy (non-hydrogen) atoms. The van der Waals surface area contributed by atoms with E-state index in [-0.39, 0.29) is 36.2 Å². The van der Waals surface area contributed by atoms with Crippen molar-refractivity contribution in [1.82, 2.24) is 20.1 Å². The number of methoxy groups -OCH3 is 1. The van der Waals surface area contributed by atoms with E-state index < -0.39 is 29.2 Å². The SMILES string of the molecule is COC1CC(c2cccc(N3Cc4c(cc(CNC[C@H]5C[C@H]5F)cc4C(F)(F)F)C3=O)c2)(c2nncn2C)C1. The standard InChI is InChI=1S/C28H29F4N5O2/c1-36-15-34-35-26(36)27(10-20(11-27)39-2)18-4-3-5-19(9-18)37-14-22-21(25(37)38)6-16(7-23(22)28(30,31)32)12-33-13-17-8-24(17)29/h3-7,9,15,17,20,24,33H,8,10-14H2,1-2H3/t17-,20?,24-,27?/m1/s1. The quantitative estimate of drug-likeness (QED) is 0.423. The monoisotopic (exact) mass is 543 g/mol. The fourth-order valence-electron chi connectivity index (χ4n) is 5.98. The van der Waals surface area contributed by atoms with Gasteiger partial charge < -0.3 is 19.5 Å². The molecular weight excluding hydrogens is 514 g/mol. The number of rotatable bonds is 8. The highest BCUT2D eigenvalue weighted by Crippen LogP contribution is 2.50. The fraction of sp³-hybridized carbons (Fsp3) is 0.464. The Morgan fingerprint density at radius 3 is 2.62 bits per heavy atom. The van der Waals surface area contributed by atoms with Gasteiger partial charge in [-0.3, -0.25) is 4.79 Å². The smallest absolute Gasteiger partial charge is 0.381 e. The Labute approximate surface area is 223 Å². The lowest BCUT2D eigenvalue weighted by atomic mass is 9.62. The van der Waals surface area contributed by atoms with Crippen LogP contribution >= 0.6 is 0 Å². The van der Waals surface area contributed by atoms with Crippen molar-refractivity contribution in [2.75, 3.05) is 18.6 Å². The number of hydrogen-bond donors (Lipinski definition) is 1. The van der Waals surface area contributed by atoms with Crippen molar-refractivity contribution in [3.8, 4) is 0 Å². The minimum absolute atomic E-state index is 0.0289. The van der Waals surface area contributed by atoms with Crippen molar-refractivity contribution in [2.45, 2.75) is 56.2 Å². The molecule has 2 aliphatic carbocycles. The molecule has 7 nitrogen and oxygen atoms in total. The van der Waals surface area contributed by atoms with Gasteiger partial charge in [0, 0.05) is 44.4 Å². The molecule has 2 atom stereocenters. The molecule has 206 valence electrons. The largest absolute Gasteiger partial charge is 0.416 e. The maximum Gasteiger partial charge on any atom is 0.416 e. The first-order valence-electron chi connectivity index (χ1n) is 13.0. The lowest BCUT2D eigenvalue weighted by molar-refractivity contribution is -0.138. The van der Waals surface area contributed by atoms with E-state index >= 15 is 0 Å². The number of ether oxygens (including phenoxy) is 1. The second kappa shape index (κ2) is 9.41. The van der Waals surface area contributed by atoms with Crippen LogP contribution in [-0.4, -0.2) is 46.6 Å². The second-order valence-corrected chi connectivity index (χ2v) is 10.9. The highest BCUT2D eigenvalue weighted by molar-refractivity contribution is 6.10. The molecule has 0 spiro atoms. The highest BCUT2D eigenvalue weighted by atomic mass is 19.4. The number of hydrogen-bond acceptors (Lipinski definition) is 5. The zero-order valence-electron chi connectivity index (χ0n) is 21.6. The third-order valence-electron chi connectivity index (χ3n) is 8.31. The molecule has 1 aromatic heterocycles. The van der Waals surface area contributed by atoms with E-state index in [1.807, 2.05) is 29.8 Å². The summed E-state index contributed by atoms with van der Waals surface area (Å²) >= 11 is 0. The molecule has 1 aliphatic heterocycles. The lowest BCUT2D eigenvalue weighted by Gasteiger charge is -2.46. The number of anilines is 1. The summed E-state index contributed by atoms with van der Waals surface area (Å²) < 4.78 is 62.9. The zero-order chi connectivity index (χ0) is 27.5. The Balaban J connectivity index is 1.31. The van der Waals surface area contributed by atoms with Gasteiger partial charge in [0.1, 0.15) is 18.3 Å². The summed E-state index contributed by atoms with van der Waals surface area (Å²) in [5.74, 6) is 0.202. The fourth-order valence-corrected chi connectivity index (χ4v) is 5.98. The van der Waals surface area contributed by atoms with E-state index in [1.165, 1.54) is 11.0 Å². The molecule has 2 aromatic carbocycles. The first-order chi connectivity index (χ1) is 18.6. The summed E-state index contributed by atoms with van der Waals surface area (Å²) in [6, 6.07) is 9.99. The Bertz CT molecular complexity index is 1420. The number of fused-ring (bicyclic) bond motifs is 1. The average molecular weight is 544 g/mol. The van der Waals surface area contributed by atoms with Gasteiger partial charge in [0.05, 0.1) is 23.6 Å². The predicted octanol–water partition coefficient (Wildman–Crippen LogP) is 4.54. The number of aryl methyl sites for hydroxylation is 1. The van der Waals surface area contributed by atoms with Crippen LogP contribution in [0.5, 0.6) is 0 Å². The summed E-state index contributed by atoms with van der Waals surface area (Å²) in [7, 11) is 3.53. The van der Waals surface area contributed by atoms with Crippen LogP contribution in [0.25, 0.3) is 0 Å². The van der Waals surface area contributed by atoms with Gasteiger partial charge in [-0.25, -0.2) is 4.39 Å². The molecule has 3 aliphatic rings. The van der Waals surface area contributed by atoms with Crippen molar-refractivity contribution < 1.29 is 27.1 Å². The van der Waals surface area contributed by atoms with Crippen LogP contribution in [0.4, 0.5) is 23.2 Å². The number of aromatic nitrogens is 3. The minimum Gasteiger partial charge on any atom is -0.381 e. The second-order valence-electron chi connectivity index (χ2n) is 10.9. The van der Waals surface area contributed by atoms with Crippen LogP contribution < -0.4 is 10.2 Å². The third kappa shape index (κ3) is 4.51. The van der Waals surface area contributed by atoms with Crippen LogP contribution in [0.1, 0.15) is 57.7 Å². The van der Waals surface area contributed by atoms with E-state index in [0.29, 0.717) is 37.1 Å². The van der Waals surface area contributed by atoms with E-state index in [1.54, 1.807) is 19.5 Å². The molecule has 2 heterocycles. The Kier molecular flexibility index (Phi) is 6.26. The van der Waals surface area contributed by atoms with Crippen LogP contribution in [0.2, 0.25) is 0 Å². The predicted molar refractivity (Wildman–Crippen MR) is 135 cm³/mol. The van der Waals surface area contributed by atoms with E-state index in [0.717, 1.165) is 17.5 Å². The average Bonchev–Trinajstić information content (AvgIpc) is 3.24. The molecule has 2 fully saturated rings. The number of nitrogens with one attached hydrogen (secondary N) is 1. The van der Waals surface area contributed by atoms with Gasteiger partial charge >= 0.3 is 6.18 Å². The van der Waals surface area contributed by atoms with E-state index in [9.17, 15) is 22.4 Å². The lowest BCUT2D eigenvalue weighted by Crippen LogP contribution is -2.48. The first kappa shape index (κ1) is 25.9. The normalized spacial score (nSPS) is 26.1. The Morgan fingerprint density at radius 2 is 1.97 bits per heavy atom. The maximum absolute atomic E-state index is 14.1. The van der Waals surface area contributed by atoms with Gasteiger partial charge in [0.2, 0.25) is 0 Å². The van der Waals surface area contributed by atoms with E-state index in [4.69, 9.17) is 4.74 Å². The summed E-state index contributed by atoms with van der Waals surface area (Å²) in [6.45, 7) is 0.344. The topological polar surface area (TPSA) is 72.3 Å². The number of nitrogens with zero attached hydrogens (tertiary/aromatic N) is 4. The van der Waals surface area contributed by atoms with E-state index in [2.05, 4.69) is 15.5 Å². The molecule has 3 aromatic rings. The van der Waals surface area contributed by atoms with Gasteiger partial charge in [-0.15, -0.1) is 10.2 Å². The number of alkyl halides is 4. The molecule has 2 saturated carbocycles. The van der Waals surface area contributed by atoms with Crippen LogP contribution in [0.15, 0.2) is 42.7 Å². The minimum atomic E-state index is -4.62. The van der Waals surface area contributed by atoms with Crippen molar-refractivity contribution >= 4 is 11.6 Å². The number of amides is 1. The Hall–Kier alpha value is -3.31. The van der Waals surface area contributed by atoms with Crippen molar-refractivity contribution in [2.24, 2.45) is 13.0 Å². The number of benzene rings is 2. The molecule has 0 bridgehead atoms. The first-order valence-corrected chi connectivity index (χ1v) is 13.0. The highest BCUT2D eigenvalue weighted by Gasteiger charge is 2.50. The van der Waals surface area contributed by atoms with Gasteiger partial charge in [0.25, 0.3) is 5.91 Å². The van der Waals surface area contributed by atoms with Crippen molar-refractivity contribution in [1.29, 1.82) is 0 Å². The van der Waals surface area contributed by atoms with Crippen LogP contribution in [0, 0.1) is 5.92 Å². The van der Waals surface area contributed by atoms with Crippen molar-refractivity contribution in [3.63, 3.8) is 0 Å². The summed E-state index contributed by atoms with van der Waals surface area (Å²) in [6.07, 6.45) is -1.97. The third-order valence-corrected chi connectivity index (χ3v) is 8.31. The summed E-state index contributed by atoms with van der Waals surface area (Å²) in [4.78, 5) is 14.9. The number of carbonyl (C=O) groups excluding carboxylic acids is 1. The molecule has 6 rings (SSSR count). The molecular formula is C28H29F4N5O2. The zero-order valence-corrected chi connectivity index (χ0v) is 21.6.